The summed E-state index contributed by atoms with van der Waals surface area (Å²) in [6.45, 7) is 9.16. The van der Waals surface area contributed by atoms with Gasteiger partial charge >= 0.3 is 0 Å². The predicted octanol–water partition coefficient (Wildman–Crippen LogP) is 1.37. The van der Waals surface area contributed by atoms with Gasteiger partial charge in [0, 0.05) is 12.6 Å². The van der Waals surface area contributed by atoms with Crippen LogP contribution in [0.5, 0.6) is 0 Å². The first-order valence-electron chi connectivity index (χ1n) is 7.48. The van der Waals surface area contributed by atoms with E-state index in [0.717, 1.165) is 13.0 Å². The summed E-state index contributed by atoms with van der Waals surface area (Å²) in [5.74, 6) is 0.131. The molecule has 1 rings (SSSR count). The molecule has 1 fully saturated rings. The Kier molecular flexibility index (Phi) is 8.01. The van der Waals surface area contributed by atoms with Crippen LogP contribution in [0.1, 0.15) is 46.0 Å². The number of nitrogens with zero attached hydrogens (tertiary/aromatic N) is 1. The molecule has 1 amide bonds. The van der Waals surface area contributed by atoms with Crippen LogP contribution in [0.25, 0.3) is 0 Å². The van der Waals surface area contributed by atoms with E-state index in [1.165, 1.54) is 45.3 Å². The number of carbonyl (C=O) groups is 1. The number of rotatable bonds is 7. The minimum atomic E-state index is 0.131. The van der Waals surface area contributed by atoms with E-state index in [2.05, 4.69) is 29.4 Å². The molecule has 1 atom stereocenters. The molecule has 0 radical (unpaired) electrons. The van der Waals surface area contributed by atoms with Crippen molar-refractivity contribution in [3.8, 4) is 0 Å². The molecule has 1 unspecified atom stereocenters. The van der Waals surface area contributed by atoms with Crippen molar-refractivity contribution in [1.29, 1.82) is 0 Å². The topological polar surface area (TPSA) is 44.4 Å². The van der Waals surface area contributed by atoms with E-state index in [1.54, 1.807) is 0 Å². The number of likely N-dealkylation sites (tertiary alicyclic amines) is 1. The first kappa shape index (κ1) is 15.4. The van der Waals surface area contributed by atoms with E-state index in [9.17, 15) is 4.79 Å². The third-order valence-corrected chi connectivity index (χ3v) is 3.48. The number of amides is 1. The summed E-state index contributed by atoms with van der Waals surface area (Å²) in [5, 5.41) is 6.30. The van der Waals surface area contributed by atoms with Crippen molar-refractivity contribution in [2.75, 3.05) is 32.7 Å². The Bertz CT molecular complexity index is 233. The molecule has 4 nitrogen and oxygen atoms in total. The molecule has 4 heteroatoms. The summed E-state index contributed by atoms with van der Waals surface area (Å²) in [5.41, 5.74) is 0. The molecule has 1 aliphatic heterocycles. The van der Waals surface area contributed by atoms with Crippen molar-refractivity contribution < 1.29 is 4.79 Å². The average molecular weight is 255 g/mol. The third kappa shape index (κ3) is 6.36. The Morgan fingerprint density at radius 1 is 1.22 bits per heavy atom. The van der Waals surface area contributed by atoms with E-state index >= 15 is 0 Å². The molecule has 0 saturated carbocycles. The van der Waals surface area contributed by atoms with Crippen molar-refractivity contribution in [3.05, 3.63) is 0 Å². The highest BCUT2D eigenvalue weighted by Crippen LogP contribution is 2.11. The summed E-state index contributed by atoms with van der Waals surface area (Å²) < 4.78 is 0. The monoisotopic (exact) mass is 255 g/mol. The largest absolute Gasteiger partial charge is 0.355 e. The first-order valence-corrected chi connectivity index (χ1v) is 7.48. The molecule has 0 aliphatic carbocycles. The summed E-state index contributed by atoms with van der Waals surface area (Å²) >= 11 is 0. The van der Waals surface area contributed by atoms with Gasteiger partial charge < -0.3 is 15.5 Å². The van der Waals surface area contributed by atoms with Crippen molar-refractivity contribution in [3.63, 3.8) is 0 Å². The number of hydrogen-bond acceptors (Lipinski definition) is 3. The Morgan fingerprint density at radius 2 is 2.06 bits per heavy atom. The molecule has 1 aliphatic rings. The normalized spacial score (nSPS) is 21.6. The van der Waals surface area contributed by atoms with Gasteiger partial charge in [0.25, 0.3) is 0 Å². The van der Waals surface area contributed by atoms with Gasteiger partial charge in [-0.25, -0.2) is 0 Å². The highest BCUT2D eigenvalue weighted by atomic mass is 16.1. The molecule has 18 heavy (non-hydrogen) atoms. The average Bonchev–Trinajstić information content (AvgIpc) is 2.60. The van der Waals surface area contributed by atoms with Gasteiger partial charge in [-0.1, -0.05) is 13.8 Å². The lowest BCUT2D eigenvalue weighted by atomic mass is 10.1. The second-order valence-corrected chi connectivity index (χ2v) is 5.20. The maximum Gasteiger partial charge on any atom is 0.233 e. The molecule has 2 N–H and O–H groups in total. The number of carbonyl (C=O) groups excluding carboxylic acids is 1. The fourth-order valence-corrected chi connectivity index (χ4v) is 2.46. The van der Waals surface area contributed by atoms with Crippen LogP contribution < -0.4 is 10.6 Å². The van der Waals surface area contributed by atoms with Gasteiger partial charge in [0.05, 0.1) is 6.54 Å². The van der Waals surface area contributed by atoms with Gasteiger partial charge in [-0.2, -0.15) is 0 Å². The lowest BCUT2D eigenvalue weighted by Gasteiger charge is -2.19. The Hall–Kier alpha value is -0.610. The summed E-state index contributed by atoms with van der Waals surface area (Å²) in [6.07, 6.45) is 5.84. The minimum Gasteiger partial charge on any atom is -0.355 e. The lowest BCUT2D eigenvalue weighted by molar-refractivity contribution is -0.120. The molecule has 0 aromatic rings. The van der Waals surface area contributed by atoms with Crippen LogP contribution >= 0.6 is 0 Å². The summed E-state index contributed by atoms with van der Waals surface area (Å²) in [6, 6.07) is 0.513. The summed E-state index contributed by atoms with van der Waals surface area (Å²) in [4.78, 5) is 14.1. The maximum atomic E-state index is 11.5. The Labute approximate surface area is 111 Å². The van der Waals surface area contributed by atoms with Crippen LogP contribution in [0.2, 0.25) is 0 Å². The molecule has 0 aromatic carbocycles. The van der Waals surface area contributed by atoms with E-state index in [-0.39, 0.29) is 5.91 Å². The number of nitrogens with one attached hydrogen (secondary N) is 2. The number of hydrogen-bond donors (Lipinski definition) is 2. The van der Waals surface area contributed by atoms with Gasteiger partial charge in [0.1, 0.15) is 0 Å². The first-order chi connectivity index (χ1) is 8.76. The fraction of sp³-hybridized carbons (Fsp3) is 0.929. The maximum absolute atomic E-state index is 11.5. The van der Waals surface area contributed by atoms with Gasteiger partial charge in [-0.05, 0) is 51.7 Å². The molecule has 0 spiro atoms. The molecule has 1 heterocycles. The van der Waals surface area contributed by atoms with Gasteiger partial charge in [-0.15, -0.1) is 0 Å². The van der Waals surface area contributed by atoms with Crippen LogP contribution in [-0.2, 0) is 4.79 Å². The second-order valence-electron chi connectivity index (χ2n) is 5.20. The molecule has 0 aromatic heterocycles. The van der Waals surface area contributed by atoms with Crippen molar-refractivity contribution in [2.24, 2.45) is 0 Å². The summed E-state index contributed by atoms with van der Waals surface area (Å²) in [7, 11) is 0. The van der Waals surface area contributed by atoms with E-state index in [1.807, 2.05) is 0 Å². The van der Waals surface area contributed by atoms with Crippen LogP contribution in [-0.4, -0.2) is 49.6 Å². The molecular weight excluding hydrogens is 226 g/mol. The van der Waals surface area contributed by atoms with Crippen molar-refractivity contribution >= 4 is 5.91 Å². The van der Waals surface area contributed by atoms with E-state index in [0.29, 0.717) is 12.6 Å². The second kappa shape index (κ2) is 9.34. The van der Waals surface area contributed by atoms with E-state index < -0.39 is 0 Å². The lowest BCUT2D eigenvalue weighted by Crippen LogP contribution is -2.39. The van der Waals surface area contributed by atoms with Crippen molar-refractivity contribution in [1.82, 2.24) is 15.5 Å². The molecule has 0 bridgehead atoms. The zero-order valence-electron chi connectivity index (χ0n) is 12.0. The molecule has 106 valence electrons. The zero-order valence-corrected chi connectivity index (χ0v) is 12.0. The Morgan fingerprint density at radius 3 is 2.78 bits per heavy atom. The van der Waals surface area contributed by atoms with Crippen molar-refractivity contribution in [2.45, 2.75) is 52.0 Å². The van der Waals surface area contributed by atoms with E-state index in [4.69, 9.17) is 0 Å². The third-order valence-electron chi connectivity index (χ3n) is 3.48. The smallest absolute Gasteiger partial charge is 0.233 e. The van der Waals surface area contributed by atoms with Crippen LogP contribution in [0.15, 0.2) is 0 Å². The minimum absolute atomic E-state index is 0.131. The van der Waals surface area contributed by atoms with Crippen LogP contribution in [0.4, 0.5) is 0 Å². The van der Waals surface area contributed by atoms with Crippen LogP contribution in [0.3, 0.4) is 0 Å². The SMILES string of the molecule is CCCNC(=O)CNC1CCCN(CCC)CC1. The highest BCUT2D eigenvalue weighted by molar-refractivity contribution is 5.77. The Balaban J connectivity index is 2.17. The van der Waals surface area contributed by atoms with Crippen LogP contribution in [0, 0.1) is 0 Å². The highest BCUT2D eigenvalue weighted by Gasteiger charge is 2.16. The standard InChI is InChI=1S/C14H29N3O/c1-3-8-15-14(18)12-16-13-6-5-10-17(9-4-2)11-7-13/h13,16H,3-12H2,1-2H3,(H,15,18). The van der Waals surface area contributed by atoms with Gasteiger partial charge in [0.2, 0.25) is 5.91 Å². The van der Waals surface area contributed by atoms with Gasteiger partial charge in [-0.3, -0.25) is 4.79 Å². The molecular formula is C14H29N3O. The molecule has 1 saturated heterocycles. The predicted molar refractivity (Wildman–Crippen MR) is 75.7 cm³/mol. The fourth-order valence-electron chi connectivity index (χ4n) is 2.46. The van der Waals surface area contributed by atoms with Gasteiger partial charge in [0.15, 0.2) is 0 Å². The quantitative estimate of drug-likeness (QED) is 0.722. The zero-order chi connectivity index (χ0) is 13.2.